The van der Waals surface area contributed by atoms with Crippen LogP contribution in [-0.4, -0.2) is 144 Å². The van der Waals surface area contributed by atoms with Crippen LogP contribution in [0.5, 0.6) is 0 Å². The monoisotopic (exact) mass is 1320 g/mol. The normalized spacial score (nSPS) is 16.6. The molecule has 0 radical (unpaired) electrons. The van der Waals surface area contributed by atoms with E-state index in [1.54, 1.807) is 20.8 Å². The van der Waals surface area contributed by atoms with Gasteiger partial charge in [-0.3, -0.25) is 33.6 Å². The van der Waals surface area contributed by atoms with Gasteiger partial charge in [0.15, 0.2) is 0 Å². The molecule has 11 N–H and O–H groups in total. The summed E-state index contributed by atoms with van der Waals surface area (Å²) in [6.07, 6.45) is 12.9. The molecule has 0 aliphatic carbocycles. The van der Waals surface area contributed by atoms with E-state index in [1.165, 1.54) is 0 Å². The third-order valence-electron chi connectivity index (χ3n) is 16.7. The van der Waals surface area contributed by atoms with Crippen molar-refractivity contribution in [3.63, 3.8) is 0 Å². The molecule has 2 aliphatic rings. The SMILES string of the molecule is CC(C)CC(NC(=O)[C@@H](Cc1ccccc1)C[C@@H](O)[C@H](Cc1ccccc1)NC(=O)OC(C)(C)C)C(=O)NC(Cc1ccccc1)C(=O)NCCCCCNC(=O)CCCCCNC(=O)CCCCCNC(=O)CCCCCNC(=O)CCCCC1SCC2NC(=O)NC21. The van der Waals surface area contributed by atoms with Crippen molar-refractivity contribution in [1.29, 1.82) is 0 Å². The molecule has 0 aromatic heterocycles. The first kappa shape index (κ1) is 77.5. The highest BCUT2D eigenvalue weighted by Gasteiger charge is 2.42. The lowest BCUT2D eigenvalue weighted by atomic mass is 9.88. The molecule has 21 nitrogen and oxygen atoms in total. The average Bonchev–Trinajstić information content (AvgIpc) is 1.65. The van der Waals surface area contributed by atoms with Crippen molar-refractivity contribution in [2.75, 3.05) is 38.5 Å². The first-order chi connectivity index (χ1) is 45.2. The highest BCUT2D eigenvalue weighted by molar-refractivity contribution is 8.00. The Hall–Kier alpha value is -7.20. The minimum atomic E-state index is -1.19. The number of unbranched alkanes of at least 4 members (excludes halogenated alkanes) is 9. The molecule has 10 amide bonds. The molecule has 3 aromatic rings. The molecule has 5 unspecified atom stereocenters. The molecule has 94 heavy (non-hydrogen) atoms. The third-order valence-corrected chi connectivity index (χ3v) is 18.2. The number of urea groups is 1. The van der Waals surface area contributed by atoms with E-state index in [0.717, 1.165) is 106 Å². The molecule has 8 atom stereocenters. The molecule has 2 aliphatic heterocycles. The van der Waals surface area contributed by atoms with Crippen molar-refractivity contribution in [1.82, 2.24) is 53.2 Å². The molecule has 3 aromatic carbocycles. The number of carbonyl (C=O) groups excluding carboxylic acids is 9. The van der Waals surface area contributed by atoms with Crippen LogP contribution in [0.2, 0.25) is 0 Å². The highest BCUT2D eigenvalue weighted by atomic mass is 32.2. The quantitative estimate of drug-likeness (QED) is 0.0189. The standard InChI is InChI=1S/C72H110N10O11S/c1-51(2)45-57(78-67(88)55(46-52-29-13-6-14-30-52)49-60(83)56(47-53-31-15-7-16-32-53)81-71(92)93-72(3,4)5)69(90)79-58(48-54-33-17-8-18-34-54)68(89)77-44-28-12-27-43-76-64(86)38-21-10-25-41-74-62(84)36-19-9-24-40-73-63(85)37-20-11-26-42-75-65(87)39-23-22-35-61-66-59(50-94-61)80-70(91)82-66/h6-8,13-18,29-34,51,55-61,66,83H,9-12,19-28,35-50H2,1-5H3,(H,73,85)(H,74,84)(H,75,87)(H,76,86)(H,77,89)(H,78,88)(H,79,90)(H,81,92)(H2,80,82,91)/t55-,56-,57?,58?,59?,60+,61?,66?/m0/s1. The number of benzene rings is 3. The number of hydrogen-bond donors (Lipinski definition) is 11. The number of ether oxygens (including phenoxy) is 1. The van der Waals surface area contributed by atoms with Crippen LogP contribution in [0.25, 0.3) is 0 Å². The first-order valence-corrected chi connectivity index (χ1v) is 35.7. The maximum Gasteiger partial charge on any atom is 0.407 e. The minimum absolute atomic E-state index is 0.00165. The number of hydrogen-bond acceptors (Lipinski definition) is 12. The summed E-state index contributed by atoms with van der Waals surface area (Å²) in [6, 6.07) is 25.8. The number of rotatable bonds is 46. The second kappa shape index (κ2) is 43.7. The lowest BCUT2D eigenvalue weighted by molar-refractivity contribution is -0.134. The molecule has 0 saturated carbocycles. The van der Waals surface area contributed by atoms with Crippen molar-refractivity contribution in [3.05, 3.63) is 108 Å². The fourth-order valence-corrected chi connectivity index (χ4v) is 13.2. The summed E-state index contributed by atoms with van der Waals surface area (Å²) in [5.74, 6) is -1.16. The molecule has 2 saturated heterocycles. The van der Waals surface area contributed by atoms with Crippen LogP contribution in [0.1, 0.15) is 186 Å². The summed E-state index contributed by atoms with van der Waals surface area (Å²) in [4.78, 5) is 117. The van der Waals surface area contributed by atoms with Crippen molar-refractivity contribution in [2.45, 2.75) is 236 Å². The van der Waals surface area contributed by atoms with Gasteiger partial charge >= 0.3 is 12.1 Å². The third kappa shape index (κ3) is 32.8. The van der Waals surface area contributed by atoms with Gasteiger partial charge in [0, 0.05) is 81.7 Å². The van der Waals surface area contributed by atoms with Crippen LogP contribution in [0.15, 0.2) is 91.0 Å². The number of thioether (sulfide) groups is 1. The Morgan fingerprint density at radius 2 is 0.947 bits per heavy atom. The van der Waals surface area contributed by atoms with Gasteiger partial charge in [0.2, 0.25) is 41.4 Å². The van der Waals surface area contributed by atoms with E-state index in [1.807, 2.05) is 117 Å². The molecule has 0 bridgehead atoms. The maximum absolute atomic E-state index is 14.6. The van der Waals surface area contributed by atoms with Gasteiger partial charge < -0.3 is 63.0 Å². The van der Waals surface area contributed by atoms with Gasteiger partial charge in [0.05, 0.1) is 24.2 Å². The van der Waals surface area contributed by atoms with E-state index >= 15 is 0 Å². The number of carbonyl (C=O) groups is 9. The predicted octanol–water partition coefficient (Wildman–Crippen LogP) is 8.15. The summed E-state index contributed by atoms with van der Waals surface area (Å²) >= 11 is 1.89. The van der Waals surface area contributed by atoms with Crippen molar-refractivity contribution in [3.8, 4) is 0 Å². The number of alkyl carbamates (subject to hydrolysis) is 1. The van der Waals surface area contributed by atoms with E-state index in [0.29, 0.717) is 76.5 Å². The first-order valence-electron chi connectivity index (χ1n) is 34.6. The van der Waals surface area contributed by atoms with Crippen molar-refractivity contribution < 1.29 is 53.0 Å². The topological polar surface area (TPSA) is 303 Å². The van der Waals surface area contributed by atoms with Crippen molar-refractivity contribution in [2.24, 2.45) is 11.8 Å². The molecule has 5 rings (SSSR count). The zero-order valence-electron chi connectivity index (χ0n) is 56.5. The van der Waals surface area contributed by atoms with Gasteiger partial charge in [-0.1, -0.05) is 131 Å². The molecule has 2 fully saturated rings. The van der Waals surface area contributed by atoms with Crippen molar-refractivity contribution >= 4 is 65.2 Å². The molecular formula is C72H110N10O11S. The van der Waals surface area contributed by atoms with E-state index in [9.17, 15) is 48.3 Å². The second-order valence-electron chi connectivity index (χ2n) is 26.6. The Bertz CT molecular complexity index is 2760. The summed E-state index contributed by atoms with van der Waals surface area (Å²) in [5, 5.41) is 42.0. The number of fused-ring (bicyclic) bond motifs is 1. The Morgan fingerprint density at radius 1 is 0.511 bits per heavy atom. The Labute approximate surface area is 562 Å². The largest absolute Gasteiger partial charge is 0.444 e. The van der Waals surface area contributed by atoms with E-state index in [2.05, 4.69) is 53.2 Å². The minimum Gasteiger partial charge on any atom is -0.444 e. The molecule has 0 spiro atoms. The van der Waals surface area contributed by atoms with Gasteiger partial charge in [0.1, 0.15) is 17.7 Å². The van der Waals surface area contributed by atoms with Crippen LogP contribution in [0, 0.1) is 11.8 Å². The summed E-state index contributed by atoms with van der Waals surface area (Å²) in [6.45, 7) is 11.8. The van der Waals surface area contributed by atoms with Gasteiger partial charge in [-0.05, 0) is 140 Å². The molecule has 22 heteroatoms. The smallest absolute Gasteiger partial charge is 0.407 e. The second-order valence-corrected chi connectivity index (χ2v) is 27.9. The number of amides is 10. The summed E-state index contributed by atoms with van der Waals surface area (Å²) in [7, 11) is 0. The van der Waals surface area contributed by atoms with Gasteiger partial charge in [0.25, 0.3) is 0 Å². The highest BCUT2D eigenvalue weighted by Crippen LogP contribution is 2.33. The van der Waals surface area contributed by atoms with Crippen LogP contribution in [0.4, 0.5) is 9.59 Å². The lowest BCUT2D eigenvalue weighted by Gasteiger charge is -2.30. The number of aliphatic hydroxyl groups is 1. The predicted molar refractivity (Wildman–Crippen MR) is 369 cm³/mol. The van der Waals surface area contributed by atoms with Crippen LogP contribution >= 0.6 is 11.8 Å². The fraction of sp³-hybridized carbons (Fsp3) is 0.625. The van der Waals surface area contributed by atoms with Gasteiger partial charge in [-0.25, -0.2) is 9.59 Å². The Morgan fingerprint density at radius 3 is 1.43 bits per heavy atom. The van der Waals surface area contributed by atoms with E-state index in [-0.39, 0.29) is 85.7 Å². The number of nitrogens with one attached hydrogen (secondary N) is 10. The van der Waals surface area contributed by atoms with Crippen LogP contribution in [0.3, 0.4) is 0 Å². The fourth-order valence-electron chi connectivity index (χ4n) is 11.6. The average molecular weight is 1320 g/mol. The van der Waals surface area contributed by atoms with Gasteiger partial charge in [-0.15, -0.1) is 0 Å². The summed E-state index contributed by atoms with van der Waals surface area (Å²) in [5.41, 5.74) is 1.78. The molecule has 2 heterocycles. The van der Waals surface area contributed by atoms with E-state index in [4.69, 9.17) is 4.74 Å². The molecule has 520 valence electrons. The zero-order chi connectivity index (χ0) is 67.9. The van der Waals surface area contributed by atoms with Gasteiger partial charge in [-0.2, -0.15) is 11.8 Å². The lowest BCUT2D eigenvalue weighted by Crippen LogP contribution is -2.56. The van der Waals surface area contributed by atoms with Crippen LogP contribution in [-0.2, 0) is 57.6 Å². The summed E-state index contributed by atoms with van der Waals surface area (Å²) < 4.78 is 5.57. The maximum atomic E-state index is 14.6. The Balaban J connectivity index is 0.912. The van der Waals surface area contributed by atoms with Crippen LogP contribution < -0.4 is 53.2 Å². The zero-order valence-corrected chi connectivity index (χ0v) is 57.3. The number of aliphatic hydroxyl groups excluding tert-OH is 1. The Kier molecular flexibility index (Phi) is 36.0. The van der Waals surface area contributed by atoms with E-state index < -0.39 is 53.7 Å². The molecular weight excluding hydrogens is 1210 g/mol.